The molecule has 2 amide bonds. The van der Waals surface area contributed by atoms with Gasteiger partial charge in [0.2, 0.25) is 0 Å². The van der Waals surface area contributed by atoms with E-state index in [0.29, 0.717) is 28.1 Å². The van der Waals surface area contributed by atoms with Crippen LogP contribution in [0.4, 0.5) is 14.6 Å². The molecule has 0 atom stereocenters. The van der Waals surface area contributed by atoms with Crippen LogP contribution in [0.3, 0.4) is 0 Å². The Morgan fingerprint density at radius 3 is 1.44 bits per heavy atom. The molecule has 0 fully saturated rings. The van der Waals surface area contributed by atoms with E-state index in [1.165, 1.54) is 64.1 Å². The maximum absolute atomic E-state index is 14.8. The summed E-state index contributed by atoms with van der Waals surface area (Å²) in [6.45, 7) is 1.75. The summed E-state index contributed by atoms with van der Waals surface area (Å²) in [7, 11) is 0. The number of halogens is 2. The summed E-state index contributed by atoms with van der Waals surface area (Å²) in [5, 5.41) is 9.42. The number of nitrogens with zero attached hydrogens (tertiary/aromatic N) is 6. The highest BCUT2D eigenvalue weighted by atomic mass is 19.1. The van der Waals surface area contributed by atoms with Crippen LogP contribution in [0.5, 0.6) is 0 Å². The van der Waals surface area contributed by atoms with Crippen LogP contribution in [0.1, 0.15) is 26.3 Å². The van der Waals surface area contributed by atoms with Crippen molar-refractivity contribution in [1.29, 1.82) is 0 Å². The van der Waals surface area contributed by atoms with Gasteiger partial charge in [-0.2, -0.15) is 10.2 Å². The lowest BCUT2D eigenvalue weighted by Crippen LogP contribution is -2.38. The van der Waals surface area contributed by atoms with Crippen LogP contribution in [0.25, 0.3) is 33.9 Å². The van der Waals surface area contributed by atoms with Crippen molar-refractivity contribution >= 4 is 17.6 Å². The number of aromatic nitrogens is 5. The normalized spacial score (nSPS) is 11.0. The first-order valence-corrected chi connectivity index (χ1v) is 15.0. The fourth-order valence-electron chi connectivity index (χ4n) is 5.37. The van der Waals surface area contributed by atoms with Crippen molar-refractivity contribution in [3.05, 3.63) is 168 Å². The Morgan fingerprint density at radius 1 is 0.583 bits per heavy atom. The number of aryl methyl sites for hydroxylation is 1. The molecule has 0 saturated heterocycles. The number of imide groups is 1. The van der Waals surface area contributed by atoms with E-state index >= 15 is 0 Å². The van der Waals surface area contributed by atoms with Gasteiger partial charge in [-0.05, 0) is 91.3 Å². The summed E-state index contributed by atoms with van der Waals surface area (Å²) < 4.78 is 31.0. The van der Waals surface area contributed by atoms with Gasteiger partial charge in [-0.25, -0.2) is 28.0 Å². The smallest absolute Gasteiger partial charge is 0.268 e. The molecule has 0 N–H and O–H groups in total. The maximum atomic E-state index is 14.8. The molecule has 0 saturated carbocycles. The summed E-state index contributed by atoms with van der Waals surface area (Å²) in [6, 6.07) is 33.1. The van der Waals surface area contributed by atoms with Gasteiger partial charge in [-0.3, -0.25) is 9.59 Å². The van der Waals surface area contributed by atoms with Gasteiger partial charge in [0.05, 0.1) is 22.5 Å². The lowest BCUT2D eigenvalue weighted by molar-refractivity contribution is 0.0897. The van der Waals surface area contributed by atoms with E-state index in [0.717, 1.165) is 4.90 Å². The highest BCUT2D eigenvalue weighted by Gasteiger charge is 2.34. The average Bonchev–Trinajstić information content (AvgIpc) is 3.77. The molecule has 0 bridgehead atoms. The summed E-state index contributed by atoms with van der Waals surface area (Å²) in [5.74, 6) is -2.19. The van der Waals surface area contributed by atoms with Crippen molar-refractivity contribution in [2.45, 2.75) is 6.92 Å². The Hall–Kier alpha value is -6.55. The van der Waals surface area contributed by atoms with Crippen LogP contribution in [-0.4, -0.2) is 36.4 Å². The van der Waals surface area contributed by atoms with Crippen molar-refractivity contribution in [3.63, 3.8) is 0 Å². The molecule has 8 nitrogen and oxygen atoms in total. The molecule has 48 heavy (non-hydrogen) atoms. The van der Waals surface area contributed by atoms with Crippen molar-refractivity contribution in [1.82, 2.24) is 24.5 Å². The lowest BCUT2D eigenvalue weighted by Gasteiger charge is -2.21. The third-order valence-electron chi connectivity index (χ3n) is 7.77. The van der Waals surface area contributed by atoms with Gasteiger partial charge >= 0.3 is 0 Å². The van der Waals surface area contributed by atoms with E-state index < -0.39 is 23.4 Å². The monoisotopic (exact) mass is 636 g/mol. The fourth-order valence-corrected chi connectivity index (χ4v) is 5.37. The highest BCUT2D eigenvalue weighted by Crippen LogP contribution is 2.31. The molecular weight excluding hydrogens is 610 g/mol. The molecule has 4 aromatic carbocycles. The quantitative estimate of drug-likeness (QED) is 0.166. The van der Waals surface area contributed by atoms with Gasteiger partial charge in [0.15, 0.2) is 0 Å². The van der Waals surface area contributed by atoms with Crippen LogP contribution in [0.15, 0.2) is 140 Å². The van der Waals surface area contributed by atoms with Gasteiger partial charge in [0, 0.05) is 29.7 Å². The Bertz CT molecular complexity index is 2110. The zero-order valence-corrected chi connectivity index (χ0v) is 25.5. The van der Waals surface area contributed by atoms with Crippen molar-refractivity contribution < 1.29 is 18.4 Å². The van der Waals surface area contributed by atoms with E-state index in [4.69, 9.17) is 10.2 Å². The van der Waals surface area contributed by atoms with Crippen LogP contribution >= 0.6 is 0 Å². The first kappa shape index (κ1) is 30.1. The number of anilines is 1. The van der Waals surface area contributed by atoms with Crippen LogP contribution in [0.2, 0.25) is 0 Å². The van der Waals surface area contributed by atoms with E-state index in [-0.39, 0.29) is 28.3 Å². The summed E-state index contributed by atoms with van der Waals surface area (Å²) >= 11 is 0. The van der Waals surface area contributed by atoms with Crippen molar-refractivity contribution in [2.75, 3.05) is 4.90 Å². The topological polar surface area (TPSA) is 85.9 Å². The Kier molecular flexibility index (Phi) is 7.96. The molecule has 0 radical (unpaired) electrons. The molecule has 10 heteroatoms. The van der Waals surface area contributed by atoms with Gasteiger partial charge in [-0.15, -0.1) is 0 Å². The number of carbonyl (C=O) groups is 2. The minimum absolute atomic E-state index is 0.0858. The zero-order valence-electron chi connectivity index (χ0n) is 25.5. The second kappa shape index (κ2) is 12.7. The van der Waals surface area contributed by atoms with E-state index in [1.54, 1.807) is 31.5 Å². The zero-order chi connectivity index (χ0) is 33.2. The third-order valence-corrected chi connectivity index (χ3v) is 7.77. The molecule has 0 aliphatic heterocycles. The Morgan fingerprint density at radius 2 is 1.02 bits per heavy atom. The maximum Gasteiger partial charge on any atom is 0.270 e. The predicted molar refractivity (Wildman–Crippen MR) is 178 cm³/mol. The van der Waals surface area contributed by atoms with Gasteiger partial charge < -0.3 is 0 Å². The molecular formula is C38H26F2N6O2. The number of amides is 2. The van der Waals surface area contributed by atoms with Gasteiger partial charge in [0.25, 0.3) is 11.8 Å². The number of pyridine rings is 1. The van der Waals surface area contributed by atoms with Gasteiger partial charge in [0.1, 0.15) is 28.8 Å². The van der Waals surface area contributed by atoms with E-state index in [9.17, 15) is 18.4 Å². The number of para-hydroxylation sites is 2. The molecule has 0 unspecified atom stereocenters. The summed E-state index contributed by atoms with van der Waals surface area (Å²) in [5.41, 5.74) is 3.53. The first-order valence-electron chi connectivity index (χ1n) is 15.0. The molecule has 3 aromatic heterocycles. The lowest BCUT2D eigenvalue weighted by atomic mass is 10.0. The Balaban J connectivity index is 1.42. The predicted octanol–water partition coefficient (Wildman–Crippen LogP) is 7.86. The Labute approximate surface area is 274 Å². The molecule has 3 heterocycles. The molecule has 0 aliphatic rings. The second-order valence-corrected chi connectivity index (χ2v) is 10.9. The van der Waals surface area contributed by atoms with E-state index in [2.05, 4.69) is 4.98 Å². The van der Waals surface area contributed by atoms with Crippen LogP contribution < -0.4 is 4.90 Å². The number of carbonyl (C=O) groups excluding carboxylic acids is 2. The van der Waals surface area contributed by atoms with Crippen LogP contribution in [-0.2, 0) is 0 Å². The fraction of sp³-hybridized carbons (Fsp3) is 0.0263. The number of hydrogen-bond donors (Lipinski definition) is 0. The second-order valence-electron chi connectivity index (χ2n) is 10.9. The molecule has 7 rings (SSSR count). The summed E-state index contributed by atoms with van der Waals surface area (Å²) in [6.07, 6.45) is 4.59. The van der Waals surface area contributed by atoms with Crippen LogP contribution in [0, 0.1) is 18.6 Å². The minimum Gasteiger partial charge on any atom is -0.268 e. The summed E-state index contributed by atoms with van der Waals surface area (Å²) in [4.78, 5) is 35.2. The number of rotatable bonds is 7. The first-order chi connectivity index (χ1) is 23.4. The molecule has 7 aromatic rings. The number of benzene rings is 4. The minimum atomic E-state index is -0.708. The third kappa shape index (κ3) is 5.78. The standard InChI is InChI=1S/C38H26F2N6O2/c1-25-9-8-22-41-36(25)46(37(47)32-23-44(30-10-4-2-5-11-30)42-34(32)26-14-18-28(39)19-15-26)38(48)33-24-45(31-12-6-3-7-13-31)43-35(33)27-16-20-29(40)21-17-27/h2-24H,1H3. The SMILES string of the molecule is Cc1cccnc1N(C(=O)c1cn(-c2ccccc2)nc1-c1ccc(F)cc1)C(=O)c1cn(-c2ccccc2)nc1-c1ccc(F)cc1. The molecule has 0 spiro atoms. The van der Waals surface area contributed by atoms with E-state index in [1.807, 2.05) is 60.7 Å². The molecule has 0 aliphatic carbocycles. The largest absolute Gasteiger partial charge is 0.270 e. The van der Waals surface area contributed by atoms with Gasteiger partial charge in [-0.1, -0.05) is 42.5 Å². The van der Waals surface area contributed by atoms with Crippen molar-refractivity contribution in [3.8, 4) is 33.9 Å². The molecule has 234 valence electrons. The average molecular weight is 637 g/mol. The van der Waals surface area contributed by atoms with Crippen molar-refractivity contribution in [2.24, 2.45) is 0 Å². The number of hydrogen-bond acceptors (Lipinski definition) is 5. The highest BCUT2D eigenvalue weighted by molar-refractivity contribution is 6.27.